The van der Waals surface area contributed by atoms with E-state index < -0.39 is 0 Å². The summed E-state index contributed by atoms with van der Waals surface area (Å²) in [5, 5.41) is 5.98. The first-order valence-corrected chi connectivity index (χ1v) is 9.06. The summed E-state index contributed by atoms with van der Waals surface area (Å²) in [4.78, 5) is 18.7. The maximum atomic E-state index is 12.1. The van der Waals surface area contributed by atoms with Gasteiger partial charge in [0, 0.05) is 32.0 Å². The molecule has 2 aromatic rings. The number of para-hydroxylation sites is 1. The Balaban J connectivity index is 1.46. The van der Waals surface area contributed by atoms with Crippen LogP contribution >= 0.6 is 0 Å². The maximum absolute atomic E-state index is 12.1. The Bertz CT molecular complexity index is 670. The highest BCUT2D eigenvalue weighted by Crippen LogP contribution is 2.15. The third-order valence-corrected chi connectivity index (χ3v) is 4.67. The second-order valence-corrected chi connectivity index (χ2v) is 6.62. The summed E-state index contributed by atoms with van der Waals surface area (Å²) in [5.41, 5.74) is 2.09. The minimum Gasteiger partial charge on any atom is -0.338 e. The molecule has 2 N–H and O–H groups in total. The van der Waals surface area contributed by atoms with Crippen LogP contribution < -0.4 is 10.6 Å². The standard InChI is InChI=1S/C19H27N5O/c1-2-9-23-10-7-16(14-23)12-21-19(25)22-13-17-5-3-4-6-18(17)24-11-8-20-15-24/h3-6,8,11,15-16H,2,7,9-10,12-14H2,1H3,(H2,21,22,25)/t16-/m1/s1. The molecule has 1 fully saturated rings. The molecule has 1 aliphatic rings. The fraction of sp³-hybridized carbons (Fsp3) is 0.474. The van der Waals surface area contributed by atoms with Crippen LogP contribution in [0.2, 0.25) is 0 Å². The molecule has 0 radical (unpaired) electrons. The van der Waals surface area contributed by atoms with Crippen LogP contribution in [0.3, 0.4) is 0 Å². The third-order valence-electron chi connectivity index (χ3n) is 4.67. The number of benzene rings is 1. The van der Waals surface area contributed by atoms with E-state index in [4.69, 9.17) is 0 Å². The van der Waals surface area contributed by atoms with Crippen LogP contribution in [0.25, 0.3) is 5.69 Å². The van der Waals surface area contributed by atoms with Crippen molar-refractivity contribution in [1.29, 1.82) is 0 Å². The Morgan fingerprint density at radius 3 is 3.00 bits per heavy atom. The van der Waals surface area contributed by atoms with Crippen molar-refractivity contribution in [2.45, 2.75) is 26.3 Å². The van der Waals surface area contributed by atoms with Gasteiger partial charge in [0.1, 0.15) is 0 Å². The predicted octanol–water partition coefficient (Wildman–Crippen LogP) is 2.40. The first-order chi connectivity index (χ1) is 12.3. The van der Waals surface area contributed by atoms with Crippen LogP contribution in [0.15, 0.2) is 43.0 Å². The lowest BCUT2D eigenvalue weighted by Gasteiger charge is -2.15. The molecule has 1 atom stereocenters. The minimum absolute atomic E-state index is 0.102. The van der Waals surface area contributed by atoms with Gasteiger partial charge in [-0.3, -0.25) is 0 Å². The van der Waals surface area contributed by atoms with Gasteiger partial charge in [-0.2, -0.15) is 0 Å². The molecule has 2 heterocycles. The van der Waals surface area contributed by atoms with Crippen molar-refractivity contribution in [3.8, 4) is 5.69 Å². The fourth-order valence-corrected chi connectivity index (χ4v) is 3.39. The van der Waals surface area contributed by atoms with Crippen LogP contribution in [-0.4, -0.2) is 46.7 Å². The van der Waals surface area contributed by atoms with Crippen LogP contribution in [0.4, 0.5) is 4.79 Å². The Hall–Kier alpha value is -2.34. The Morgan fingerprint density at radius 1 is 1.32 bits per heavy atom. The molecule has 0 unspecified atom stereocenters. The average Bonchev–Trinajstić information content (AvgIpc) is 3.31. The monoisotopic (exact) mass is 341 g/mol. The third kappa shape index (κ3) is 4.82. The number of rotatable bonds is 7. The Kier molecular flexibility index (Phi) is 6.06. The first-order valence-electron chi connectivity index (χ1n) is 9.06. The van der Waals surface area contributed by atoms with E-state index in [1.54, 1.807) is 12.5 Å². The van der Waals surface area contributed by atoms with Gasteiger partial charge in [-0.05, 0) is 43.5 Å². The predicted molar refractivity (Wildman–Crippen MR) is 98.6 cm³/mol. The molecule has 2 amide bonds. The van der Waals surface area contributed by atoms with E-state index in [1.807, 2.05) is 35.0 Å². The number of carbonyl (C=O) groups excluding carboxylic acids is 1. The fourth-order valence-electron chi connectivity index (χ4n) is 3.39. The molecule has 6 heteroatoms. The van der Waals surface area contributed by atoms with Crippen molar-refractivity contribution in [2.75, 3.05) is 26.2 Å². The smallest absolute Gasteiger partial charge is 0.315 e. The van der Waals surface area contributed by atoms with Crippen LogP contribution in [-0.2, 0) is 6.54 Å². The normalized spacial score (nSPS) is 17.6. The number of carbonyl (C=O) groups is 1. The van der Waals surface area contributed by atoms with Crippen LogP contribution in [0.1, 0.15) is 25.3 Å². The summed E-state index contributed by atoms with van der Waals surface area (Å²) in [6.07, 6.45) is 7.78. The number of aromatic nitrogens is 2. The molecule has 0 aliphatic carbocycles. The highest BCUT2D eigenvalue weighted by atomic mass is 16.2. The van der Waals surface area contributed by atoms with Gasteiger partial charge in [-0.25, -0.2) is 9.78 Å². The molecular formula is C19H27N5O. The zero-order valence-electron chi connectivity index (χ0n) is 14.8. The van der Waals surface area contributed by atoms with E-state index in [0.717, 1.165) is 37.4 Å². The quantitative estimate of drug-likeness (QED) is 0.813. The number of hydrogen-bond donors (Lipinski definition) is 2. The zero-order chi connectivity index (χ0) is 17.5. The van der Waals surface area contributed by atoms with E-state index in [1.165, 1.54) is 12.8 Å². The van der Waals surface area contributed by atoms with Gasteiger partial charge in [-0.1, -0.05) is 25.1 Å². The summed E-state index contributed by atoms with van der Waals surface area (Å²) in [5.74, 6) is 0.565. The Labute approximate surface area is 149 Å². The number of urea groups is 1. The molecule has 1 aromatic carbocycles. The van der Waals surface area contributed by atoms with E-state index in [0.29, 0.717) is 12.5 Å². The van der Waals surface area contributed by atoms with Gasteiger partial charge in [0.2, 0.25) is 0 Å². The van der Waals surface area contributed by atoms with Gasteiger partial charge < -0.3 is 20.1 Å². The zero-order valence-corrected chi connectivity index (χ0v) is 14.8. The number of hydrogen-bond acceptors (Lipinski definition) is 3. The van der Waals surface area contributed by atoms with Crippen LogP contribution in [0.5, 0.6) is 0 Å². The lowest BCUT2D eigenvalue weighted by molar-refractivity contribution is 0.238. The van der Waals surface area contributed by atoms with Gasteiger partial charge in [0.05, 0.1) is 12.0 Å². The molecular weight excluding hydrogens is 314 g/mol. The van der Waals surface area contributed by atoms with E-state index >= 15 is 0 Å². The van der Waals surface area contributed by atoms with Crippen molar-refractivity contribution in [1.82, 2.24) is 25.1 Å². The molecule has 0 bridgehead atoms. The molecule has 25 heavy (non-hydrogen) atoms. The number of nitrogens with zero attached hydrogens (tertiary/aromatic N) is 3. The molecule has 1 aliphatic heterocycles. The summed E-state index contributed by atoms with van der Waals surface area (Å²) in [6, 6.07) is 7.92. The minimum atomic E-state index is -0.102. The van der Waals surface area contributed by atoms with E-state index in [-0.39, 0.29) is 6.03 Å². The van der Waals surface area contributed by atoms with Gasteiger partial charge >= 0.3 is 6.03 Å². The van der Waals surface area contributed by atoms with Gasteiger partial charge in [-0.15, -0.1) is 0 Å². The molecule has 3 rings (SSSR count). The topological polar surface area (TPSA) is 62.2 Å². The van der Waals surface area contributed by atoms with Gasteiger partial charge in [0.25, 0.3) is 0 Å². The highest BCUT2D eigenvalue weighted by molar-refractivity contribution is 5.74. The second-order valence-electron chi connectivity index (χ2n) is 6.62. The SMILES string of the molecule is CCCN1CC[C@H](CNC(=O)NCc2ccccc2-n2ccnc2)C1. The second kappa shape index (κ2) is 8.67. The van der Waals surface area contributed by atoms with E-state index in [9.17, 15) is 4.79 Å². The van der Waals surface area contributed by atoms with Crippen molar-refractivity contribution >= 4 is 6.03 Å². The largest absolute Gasteiger partial charge is 0.338 e. The number of amides is 2. The molecule has 0 spiro atoms. The summed E-state index contributed by atoms with van der Waals surface area (Å²) < 4.78 is 1.95. The lowest BCUT2D eigenvalue weighted by Crippen LogP contribution is -2.38. The molecule has 1 aromatic heterocycles. The van der Waals surface area contributed by atoms with Crippen molar-refractivity contribution in [3.05, 3.63) is 48.5 Å². The molecule has 0 saturated carbocycles. The first kappa shape index (κ1) is 17.5. The van der Waals surface area contributed by atoms with Crippen LogP contribution in [0, 0.1) is 5.92 Å². The lowest BCUT2D eigenvalue weighted by atomic mass is 10.1. The van der Waals surface area contributed by atoms with E-state index in [2.05, 4.69) is 27.4 Å². The average molecular weight is 341 g/mol. The number of likely N-dealkylation sites (tertiary alicyclic amines) is 1. The summed E-state index contributed by atoms with van der Waals surface area (Å²) >= 11 is 0. The van der Waals surface area contributed by atoms with Gasteiger partial charge in [0.15, 0.2) is 0 Å². The number of nitrogens with one attached hydrogen (secondary N) is 2. The molecule has 6 nitrogen and oxygen atoms in total. The Morgan fingerprint density at radius 2 is 2.20 bits per heavy atom. The summed E-state index contributed by atoms with van der Waals surface area (Å²) in [7, 11) is 0. The van der Waals surface area contributed by atoms with Crippen molar-refractivity contribution in [2.24, 2.45) is 5.92 Å². The number of imidazole rings is 1. The maximum Gasteiger partial charge on any atom is 0.315 e. The molecule has 134 valence electrons. The summed E-state index contributed by atoms with van der Waals surface area (Å²) in [6.45, 7) is 6.86. The highest BCUT2D eigenvalue weighted by Gasteiger charge is 2.21. The van der Waals surface area contributed by atoms with Crippen molar-refractivity contribution in [3.63, 3.8) is 0 Å². The van der Waals surface area contributed by atoms with Crippen molar-refractivity contribution < 1.29 is 4.79 Å². The molecule has 1 saturated heterocycles.